The van der Waals surface area contributed by atoms with E-state index in [1.54, 1.807) is 0 Å². The van der Waals surface area contributed by atoms with Crippen LogP contribution in [0.15, 0.2) is 34.4 Å². The molecule has 0 saturated carbocycles. The van der Waals surface area contributed by atoms with Gasteiger partial charge in [0.05, 0.1) is 5.39 Å². The SMILES string of the molecule is CC(C)c1ccc(-c2csc3nc(C(C)C)n(CC(=O)O)c(=O)c23)cc1. The van der Waals surface area contributed by atoms with Gasteiger partial charge in [-0.2, -0.15) is 0 Å². The summed E-state index contributed by atoms with van der Waals surface area (Å²) in [6.07, 6.45) is 0. The number of nitrogens with zero attached hydrogens (tertiary/aromatic N) is 2. The number of aliphatic carboxylic acids is 1. The highest BCUT2D eigenvalue weighted by Crippen LogP contribution is 2.32. The lowest BCUT2D eigenvalue weighted by Gasteiger charge is -2.13. The summed E-state index contributed by atoms with van der Waals surface area (Å²) in [6.45, 7) is 7.71. The van der Waals surface area contributed by atoms with E-state index in [2.05, 4.69) is 31.0 Å². The summed E-state index contributed by atoms with van der Waals surface area (Å²) in [4.78, 5) is 29.6. The lowest BCUT2D eigenvalue weighted by molar-refractivity contribution is -0.137. The maximum absolute atomic E-state index is 13.1. The molecule has 0 aliphatic heterocycles. The Morgan fingerprint density at radius 2 is 1.81 bits per heavy atom. The molecule has 0 atom stereocenters. The molecule has 3 aromatic rings. The van der Waals surface area contributed by atoms with Gasteiger partial charge >= 0.3 is 5.97 Å². The van der Waals surface area contributed by atoms with Gasteiger partial charge in [0.15, 0.2) is 0 Å². The van der Waals surface area contributed by atoms with Crippen LogP contribution in [0, 0.1) is 0 Å². The van der Waals surface area contributed by atoms with Crippen LogP contribution < -0.4 is 5.56 Å². The first kappa shape index (κ1) is 18.3. The van der Waals surface area contributed by atoms with Crippen molar-refractivity contribution in [2.24, 2.45) is 0 Å². The zero-order valence-electron chi connectivity index (χ0n) is 15.3. The average Bonchev–Trinajstić information content (AvgIpc) is 3.01. The fourth-order valence-corrected chi connectivity index (χ4v) is 3.97. The van der Waals surface area contributed by atoms with Crippen molar-refractivity contribution in [3.63, 3.8) is 0 Å². The van der Waals surface area contributed by atoms with Gasteiger partial charge in [0.1, 0.15) is 17.2 Å². The molecule has 136 valence electrons. The van der Waals surface area contributed by atoms with E-state index in [0.717, 1.165) is 11.1 Å². The molecule has 26 heavy (non-hydrogen) atoms. The number of hydrogen-bond donors (Lipinski definition) is 1. The smallest absolute Gasteiger partial charge is 0.323 e. The molecular formula is C20H22N2O3S. The van der Waals surface area contributed by atoms with E-state index in [1.165, 1.54) is 21.5 Å². The Kier molecular flexibility index (Phi) is 4.96. The van der Waals surface area contributed by atoms with Gasteiger partial charge in [0.2, 0.25) is 0 Å². The summed E-state index contributed by atoms with van der Waals surface area (Å²) < 4.78 is 1.29. The lowest BCUT2D eigenvalue weighted by Crippen LogP contribution is -2.29. The van der Waals surface area contributed by atoms with E-state index in [4.69, 9.17) is 0 Å². The molecule has 2 heterocycles. The molecule has 3 rings (SSSR count). The van der Waals surface area contributed by atoms with Crippen LogP contribution in [0.3, 0.4) is 0 Å². The number of aromatic nitrogens is 2. The second kappa shape index (κ2) is 7.03. The van der Waals surface area contributed by atoms with Crippen LogP contribution in [-0.4, -0.2) is 20.6 Å². The molecule has 0 spiro atoms. The predicted octanol–water partition coefficient (Wildman–Crippen LogP) is 4.46. The lowest BCUT2D eigenvalue weighted by atomic mass is 9.99. The van der Waals surface area contributed by atoms with Crippen molar-refractivity contribution in [1.82, 2.24) is 9.55 Å². The summed E-state index contributed by atoms with van der Waals surface area (Å²) in [6, 6.07) is 8.15. The van der Waals surface area contributed by atoms with Gasteiger partial charge in [0.25, 0.3) is 5.56 Å². The van der Waals surface area contributed by atoms with E-state index in [1.807, 2.05) is 31.4 Å². The number of carbonyl (C=O) groups is 1. The van der Waals surface area contributed by atoms with Gasteiger partial charge < -0.3 is 5.11 Å². The van der Waals surface area contributed by atoms with E-state index in [-0.39, 0.29) is 18.0 Å². The first-order chi connectivity index (χ1) is 12.3. The Hall–Kier alpha value is -2.47. The van der Waals surface area contributed by atoms with Gasteiger partial charge in [-0.15, -0.1) is 11.3 Å². The van der Waals surface area contributed by atoms with Gasteiger partial charge in [-0.3, -0.25) is 14.2 Å². The molecule has 0 saturated heterocycles. The molecule has 0 aliphatic carbocycles. The summed E-state index contributed by atoms with van der Waals surface area (Å²) in [7, 11) is 0. The van der Waals surface area contributed by atoms with Crippen molar-refractivity contribution in [2.75, 3.05) is 0 Å². The van der Waals surface area contributed by atoms with Crippen molar-refractivity contribution in [2.45, 2.75) is 46.1 Å². The number of carboxylic acids is 1. The van der Waals surface area contributed by atoms with E-state index in [0.29, 0.717) is 22.0 Å². The second-order valence-corrected chi connectivity index (χ2v) is 7.87. The number of fused-ring (bicyclic) bond motifs is 1. The fourth-order valence-electron chi connectivity index (χ4n) is 3.03. The third-order valence-corrected chi connectivity index (χ3v) is 5.29. The van der Waals surface area contributed by atoms with Gasteiger partial charge in [0, 0.05) is 16.9 Å². The van der Waals surface area contributed by atoms with Crippen molar-refractivity contribution in [1.29, 1.82) is 0 Å². The fraction of sp³-hybridized carbons (Fsp3) is 0.350. The standard InChI is InChI=1S/C20H22N2O3S/c1-11(2)13-5-7-14(8-6-13)15-10-26-19-17(15)20(25)22(9-16(23)24)18(21-19)12(3)4/h5-8,10-12H,9H2,1-4H3,(H,23,24). The van der Waals surface area contributed by atoms with Crippen molar-refractivity contribution >= 4 is 27.5 Å². The quantitative estimate of drug-likeness (QED) is 0.720. The van der Waals surface area contributed by atoms with Gasteiger partial charge in [-0.05, 0) is 17.0 Å². The second-order valence-electron chi connectivity index (χ2n) is 7.02. The minimum Gasteiger partial charge on any atom is -0.480 e. The molecule has 1 aromatic carbocycles. The summed E-state index contributed by atoms with van der Waals surface area (Å²) in [5, 5.41) is 11.6. The van der Waals surface area contributed by atoms with Crippen molar-refractivity contribution < 1.29 is 9.90 Å². The Morgan fingerprint density at radius 1 is 1.15 bits per heavy atom. The molecule has 0 fully saturated rings. The molecular weight excluding hydrogens is 348 g/mol. The van der Waals surface area contributed by atoms with Crippen LogP contribution in [-0.2, 0) is 11.3 Å². The number of rotatable bonds is 5. The molecule has 5 nitrogen and oxygen atoms in total. The first-order valence-corrected chi connectivity index (χ1v) is 9.51. The predicted molar refractivity (Wildman–Crippen MR) is 105 cm³/mol. The van der Waals surface area contributed by atoms with E-state index >= 15 is 0 Å². The highest BCUT2D eigenvalue weighted by atomic mass is 32.1. The molecule has 1 N–H and O–H groups in total. The summed E-state index contributed by atoms with van der Waals surface area (Å²) >= 11 is 1.42. The average molecular weight is 370 g/mol. The third-order valence-electron chi connectivity index (χ3n) is 4.42. The first-order valence-electron chi connectivity index (χ1n) is 8.63. The van der Waals surface area contributed by atoms with Gasteiger partial charge in [-0.1, -0.05) is 52.0 Å². The molecule has 0 aliphatic rings. The largest absolute Gasteiger partial charge is 0.480 e. The zero-order chi connectivity index (χ0) is 19.0. The monoisotopic (exact) mass is 370 g/mol. The Balaban J connectivity index is 2.22. The zero-order valence-corrected chi connectivity index (χ0v) is 16.1. The van der Waals surface area contributed by atoms with Gasteiger partial charge in [-0.25, -0.2) is 4.98 Å². The minimum atomic E-state index is -1.05. The van der Waals surface area contributed by atoms with Crippen LogP contribution in [0.2, 0.25) is 0 Å². The number of thiophene rings is 1. The Morgan fingerprint density at radius 3 is 2.35 bits per heavy atom. The van der Waals surface area contributed by atoms with Crippen LogP contribution in [0.25, 0.3) is 21.3 Å². The molecule has 0 radical (unpaired) electrons. The van der Waals surface area contributed by atoms with Crippen LogP contribution in [0.1, 0.15) is 50.9 Å². The summed E-state index contributed by atoms with van der Waals surface area (Å²) in [5.74, 6) is -0.143. The van der Waals surface area contributed by atoms with Crippen LogP contribution in [0.5, 0.6) is 0 Å². The summed E-state index contributed by atoms with van der Waals surface area (Å²) in [5.41, 5.74) is 2.70. The van der Waals surface area contributed by atoms with Crippen LogP contribution in [0.4, 0.5) is 0 Å². The topological polar surface area (TPSA) is 72.2 Å². The minimum absolute atomic E-state index is 0.0395. The molecule has 0 unspecified atom stereocenters. The van der Waals surface area contributed by atoms with E-state index < -0.39 is 5.97 Å². The number of hydrogen-bond acceptors (Lipinski definition) is 4. The maximum Gasteiger partial charge on any atom is 0.323 e. The molecule has 2 aromatic heterocycles. The Bertz CT molecular complexity index is 1010. The van der Waals surface area contributed by atoms with Crippen LogP contribution >= 0.6 is 11.3 Å². The third kappa shape index (κ3) is 3.29. The number of benzene rings is 1. The normalized spacial score (nSPS) is 11.6. The Labute approximate surface area is 155 Å². The van der Waals surface area contributed by atoms with E-state index in [9.17, 15) is 14.7 Å². The molecule has 0 bridgehead atoms. The molecule has 0 amide bonds. The highest BCUT2D eigenvalue weighted by Gasteiger charge is 2.20. The maximum atomic E-state index is 13.1. The highest BCUT2D eigenvalue weighted by molar-refractivity contribution is 7.17. The van der Waals surface area contributed by atoms with Crippen molar-refractivity contribution in [3.8, 4) is 11.1 Å². The number of carboxylic acid groups (broad SMARTS) is 1. The molecule has 6 heteroatoms. The van der Waals surface area contributed by atoms with Crippen molar-refractivity contribution in [3.05, 3.63) is 51.4 Å².